The van der Waals surface area contributed by atoms with Crippen LogP contribution >= 0.6 is 15.9 Å². The molecule has 1 saturated carbocycles. The number of rotatable bonds is 7. The predicted molar refractivity (Wildman–Crippen MR) is 129 cm³/mol. The van der Waals surface area contributed by atoms with E-state index >= 15 is 0 Å². The molecule has 1 aliphatic heterocycles. The largest absolute Gasteiger partial charge is 0.351 e. The molecule has 0 unspecified atom stereocenters. The first-order valence-corrected chi connectivity index (χ1v) is 12.4. The summed E-state index contributed by atoms with van der Waals surface area (Å²) < 4.78 is 2.26. The van der Waals surface area contributed by atoms with Gasteiger partial charge in [0.2, 0.25) is 5.91 Å². The third-order valence-corrected chi connectivity index (χ3v) is 7.26. The summed E-state index contributed by atoms with van der Waals surface area (Å²) in [7, 11) is 0. The molecule has 1 aromatic carbocycles. The molecule has 0 bridgehead atoms. The smallest absolute Gasteiger partial charge is 0.276 e. The van der Waals surface area contributed by atoms with Crippen molar-refractivity contribution < 1.29 is 14.4 Å². The molecule has 176 valence electrons. The normalized spacial score (nSPS) is 20.6. The summed E-state index contributed by atoms with van der Waals surface area (Å²) in [6.07, 6.45) is 5.86. The quantitative estimate of drug-likeness (QED) is 0.582. The van der Waals surface area contributed by atoms with Crippen molar-refractivity contribution in [3.05, 3.63) is 46.2 Å². The van der Waals surface area contributed by atoms with Crippen LogP contribution in [0.25, 0.3) is 0 Å². The Balaban J connectivity index is 1.61. The van der Waals surface area contributed by atoms with Crippen molar-refractivity contribution in [2.24, 2.45) is 0 Å². The molecule has 0 radical (unpaired) electrons. The van der Waals surface area contributed by atoms with Gasteiger partial charge in [0, 0.05) is 23.1 Å². The number of hydrogen-bond donors (Lipinski definition) is 2. The minimum atomic E-state index is -1.07. The summed E-state index contributed by atoms with van der Waals surface area (Å²) in [5.74, 6) is -0.834. The zero-order valence-electron chi connectivity index (χ0n) is 19.1. The lowest BCUT2D eigenvalue weighted by Gasteiger charge is -2.43. The number of nitrogens with one attached hydrogen (secondary N) is 2. The topological polar surface area (TPSA) is 96.3 Å². The standard InChI is InChI=1S/C24H30BrN5O3/c1-3-4-13-29-22(32)20-14-19(21(31)27-18-12-8-7-11-17(18)25)28-30(20)15-24(29,2)23(33)26-16-9-5-6-10-16/h7-8,11-12,14,16H,3-6,9-10,13,15H2,1-2H3,(H,26,33)(H,27,31)/t24-/m1/s1. The van der Waals surface area contributed by atoms with Gasteiger partial charge in [-0.25, -0.2) is 0 Å². The van der Waals surface area contributed by atoms with Crippen molar-refractivity contribution in [3.8, 4) is 0 Å². The molecule has 9 heteroatoms. The zero-order valence-corrected chi connectivity index (χ0v) is 20.7. The molecule has 1 aliphatic carbocycles. The molecule has 4 rings (SSSR count). The lowest BCUT2D eigenvalue weighted by Crippen LogP contribution is -2.65. The van der Waals surface area contributed by atoms with Gasteiger partial charge in [0.25, 0.3) is 11.8 Å². The molecule has 8 nitrogen and oxygen atoms in total. The van der Waals surface area contributed by atoms with Gasteiger partial charge in [-0.3, -0.25) is 19.1 Å². The molecule has 1 atom stereocenters. The van der Waals surface area contributed by atoms with Gasteiger partial charge in [-0.05, 0) is 54.2 Å². The first kappa shape index (κ1) is 23.5. The molecule has 33 heavy (non-hydrogen) atoms. The van der Waals surface area contributed by atoms with Crippen molar-refractivity contribution in [1.82, 2.24) is 20.0 Å². The number of amides is 3. The maximum Gasteiger partial charge on any atom is 0.276 e. The molecule has 2 aromatic rings. The van der Waals surface area contributed by atoms with Gasteiger partial charge >= 0.3 is 0 Å². The Kier molecular flexibility index (Phi) is 6.88. The summed E-state index contributed by atoms with van der Waals surface area (Å²) >= 11 is 3.42. The van der Waals surface area contributed by atoms with Crippen LogP contribution in [0.1, 0.15) is 73.3 Å². The van der Waals surface area contributed by atoms with E-state index in [1.54, 1.807) is 17.9 Å². The third-order valence-electron chi connectivity index (χ3n) is 6.57. The minimum absolute atomic E-state index is 0.144. The van der Waals surface area contributed by atoms with E-state index in [-0.39, 0.29) is 30.1 Å². The molecule has 3 amide bonds. The van der Waals surface area contributed by atoms with Gasteiger partial charge < -0.3 is 15.5 Å². The van der Waals surface area contributed by atoms with Crippen LogP contribution in [0.15, 0.2) is 34.8 Å². The van der Waals surface area contributed by atoms with Crippen molar-refractivity contribution in [3.63, 3.8) is 0 Å². The number of benzene rings is 1. The van der Waals surface area contributed by atoms with Crippen LogP contribution in [0.2, 0.25) is 0 Å². The Morgan fingerprint density at radius 1 is 1.24 bits per heavy atom. The number of unbranched alkanes of at least 4 members (excludes halogenated alkanes) is 1. The minimum Gasteiger partial charge on any atom is -0.351 e. The highest BCUT2D eigenvalue weighted by molar-refractivity contribution is 9.10. The zero-order chi connectivity index (χ0) is 23.6. The van der Waals surface area contributed by atoms with Crippen LogP contribution in [0, 0.1) is 0 Å². The number of carbonyl (C=O) groups is 3. The van der Waals surface area contributed by atoms with Gasteiger partial charge in [-0.1, -0.05) is 38.3 Å². The molecule has 0 saturated heterocycles. The fourth-order valence-electron chi connectivity index (χ4n) is 4.58. The average Bonchev–Trinajstić information content (AvgIpc) is 3.45. The van der Waals surface area contributed by atoms with E-state index in [1.165, 1.54) is 10.7 Å². The van der Waals surface area contributed by atoms with Crippen molar-refractivity contribution in [2.45, 2.75) is 70.5 Å². The van der Waals surface area contributed by atoms with Crippen LogP contribution in [-0.4, -0.2) is 50.5 Å². The first-order chi connectivity index (χ1) is 15.8. The fourth-order valence-corrected chi connectivity index (χ4v) is 4.96. The Morgan fingerprint density at radius 3 is 2.67 bits per heavy atom. The van der Waals surface area contributed by atoms with Crippen LogP contribution in [-0.2, 0) is 11.3 Å². The lowest BCUT2D eigenvalue weighted by molar-refractivity contribution is -0.133. The number of nitrogens with zero attached hydrogens (tertiary/aromatic N) is 3. The van der Waals surface area contributed by atoms with E-state index in [0.717, 1.165) is 43.0 Å². The van der Waals surface area contributed by atoms with Crippen LogP contribution < -0.4 is 10.6 Å². The van der Waals surface area contributed by atoms with Crippen molar-refractivity contribution in [2.75, 3.05) is 11.9 Å². The number of anilines is 1. The van der Waals surface area contributed by atoms with Gasteiger partial charge in [0.15, 0.2) is 5.69 Å². The maximum absolute atomic E-state index is 13.5. The number of aromatic nitrogens is 2. The second-order valence-electron chi connectivity index (χ2n) is 9.05. The Labute approximate surface area is 202 Å². The van der Waals surface area contributed by atoms with E-state index in [0.29, 0.717) is 17.9 Å². The number of halogens is 1. The van der Waals surface area contributed by atoms with Crippen molar-refractivity contribution in [1.29, 1.82) is 0 Å². The molecular weight excluding hydrogens is 486 g/mol. The van der Waals surface area contributed by atoms with Gasteiger partial charge in [0.05, 0.1) is 12.2 Å². The molecular formula is C24H30BrN5O3. The Bertz CT molecular complexity index is 1060. The SMILES string of the molecule is CCCCN1C(=O)c2cc(C(=O)Nc3ccccc3Br)nn2C[C@]1(C)C(=O)NC1CCCC1. The van der Waals surface area contributed by atoms with E-state index in [1.807, 2.05) is 18.2 Å². The summed E-state index contributed by atoms with van der Waals surface area (Å²) in [5.41, 5.74) is 0.0222. The maximum atomic E-state index is 13.5. The van der Waals surface area contributed by atoms with E-state index in [2.05, 4.69) is 38.6 Å². The first-order valence-electron chi connectivity index (χ1n) is 11.6. The monoisotopic (exact) mass is 515 g/mol. The predicted octanol–water partition coefficient (Wildman–Crippen LogP) is 3.97. The molecule has 0 spiro atoms. The lowest BCUT2D eigenvalue weighted by atomic mass is 9.94. The number of para-hydroxylation sites is 1. The molecule has 2 aliphatic rings. The van der Waals surface area contributed by atoms with Gasteiger partial charge in [-0.15, -0.1) is 0 Å². The van der Waals surface area contributed by atoms with E-state index < -0.39 is 11.4 Å². The summed E-state index contributed by atoms with van der Waals surface area (Å²) in [5, 5.41) is 10.4. The van der Waals surface area contributed by atoms with Crippen LogP contribution in [0.3, 0.4) is 0 Å². The summed E-state index contributed by atoms with van der Waals surface area (Å²) in [6.45, 7) is 4.54. The van der Waals surface area contributed by atoms with Crippen molar-refractivity contribution >= 4 is 39.3 Å². The van der Waals surface area contributed by atoms with Gasteiger partial charge in [0.1, 0.15) is 11.2 Å². The van der Waals surface area contributed by atoms with E-state index in [9.17, 15) is 14.4 Å². The second-order valence-corrected chi connectivity index (χ2v) is 9.90. The van der Waals surface area contributed by atoms with Crippen LogP contribution in [0.4, 0.5) is 5.69 Å². The third kappa shape index (κ3) is 4.69. The number of fused-ring (bicyclic) bond motifs is 1. The van der Waals surface area contributed by atoms with Crippen LogP contribution in [0.5, 0.6) is 0 Å². The highest BCUT2D eigenvalue weighted by Gasteiger charge is 2.48. The Hall–Kier alpha value is -2.68. The highest BCUT2D eigenvalue weighted by atomic mass is 79.9. The fraction of sp³-hybridized carbons (Fsp3) is 0.500. The number of hydrogen-bond acceptors (Lipinski definition) is 4. The molecule has 1 aromatic heterocycles. The Morgan fingerprint density at radius 2 is 1.97 bits per heavy atom. The molecule has 2 heterocycles. The summed E-state index contributed by atoms with van der Waals surface area (Å²) in [6, 6.07) is 8.96. The summed E-state index contributed by atoms with van der Waals surface area (Å²) in [4.78, 5) is 41.4. The average molecular weight is 516 g/mol. The van der Waals surface area contributed by atoms with Gasteiger partial charge in [-0.2, -0.15) is 5.10 Å². The van der Waals surface area contributed by atoms with E-state index in [4.69, 9.17) is 0 Å². The second kappa shape index (κ2) is 9.67. The molecule has 1 fully saturated rings. The number of carbonyl (C=O) groups excluding carboxylic acids is 3. The molecule has 2 N–H and O–H groups in total. The highest BCUT2D eigenvalue weighted by Crippen LogP contribution is 2.30.